The third-order valence-electron chi connectivity index (χ3n) is 3.45. The Hall–Kier alpha value is -2.57. The van der Waals surface area contributed by atoms with Gasteiger partial charge in [-0.3, -0.25) is 9.59 Å². The van der Waals surface area contributed by atoms with E-state index in [-0.39, 0.29) is 37.4 Å². The van der Waals surface area contributed by atoms with Crippen molar-refractivity contribution in [3.63, 3.8) is 0 Å². The molecule has 0 bridgehead atoms. The second kappa shape index (κ2) is 11.1. The molecule has 0 spiro atoms. The summed E-state index contributed by atoms with van der Waals surface area (Å²) in [5.41, 5.74) is 1.02. The molecule has 0 aliphatic rings. The van der Waals surface area contributed by atoms with Gasteiger partial charge in [0.1, 0.15) is 0 Å². The fourth-order valence-electron chi connectivity index (χ4n) is 2.34. The van der Waals surface area contributed by atoms with Crippen LogP contribution in [0.2, 0.25) is 0 Å². The van der Waals surface area contributed by atoms with Crippen LogP contribution in [0.5, 0.6) is 0 Å². The first-order chi connectivity index (χ1) is 11.9. The van der Waals surface area contributed by atoms with Gasteiger partial charge in [-0.25, -0.2) is 4.79 Å². The van der Waals surface area contributed by atoms with Gasteiger partial charge in [0.05, 0.1) is 0 Å². The molecule has 1 aromatic rings. The summed E-state index contributed by atoms with van der Waals surface area (Å²) in [6.07, 6.45) is 1.07. The first-order valence-corrected chi connectivity index (χ1v) is 8.46. The van der Waals surface area contributed by atoms with Crippen molar-refractivity contribution in [2.45, 2.75) is 51.6 Å². The van der Waals surface area contributed by atoms with Crippen molar-refractivity contribution in [3.05, 3.63) is 35.9 Å². The van der Waals surface area contributed by atoms with Crippen LogP contribution in [-0.4, -0.2) is 41.6 Å². The summed E-state index contributed by atoms with van der Waals surface area (Å²) in [6, 6.07) is 8.94. The standard InChI is InChI=1S/C18H27N3O4/c1-13(2)20-16(22)10-11-19-18(25)21-15(8-9-17(23)24)12-14-6-4-3-5-7-14/h3-7,13,15H,8-12H2,1-2H3,(H,20,22)(H,23,24)(H2,19,21,25). The van der Waals surface area contributed by atoms with Crippen LogP contribution in [0.1, 0.15) is 38.7 Å². The van der Waals surface area contributed by atoms with Gasteiger partial charge in [0, 0.05) is 31.5 Å². The quantitative estimate of drug-likeness (QED) is 0.515. The van der Waals surface area contributed by atoms with Crippen LogP contribution < -0.4 is 16.0 Å². The lowest BCUT2D eigenvalue weighted by atomic mass is 10.0. The zero-order valence-electron chi connectivity index (χ0n) is 14.7. The molecule has 138 valence electrons. The number of benzene rings is 1. The molecule has 0 saturated carbocycles. The number of urea groups is 1. The van der Waals surface area contributed by atoms with Crippen molar-refractivity contribution in [2.24, 2.45) is 0 Å². The highest BCUT2D eigenvalue weighted by Crippen LogP contribution is 2.08. The van der Waals surface area contributed by atoms with E-state index in [0.29, 0.717) is 12.8 Å². The molecule has 0 radical (unpaired) electrons. The summed E-state index contributed by atoms with van der Waals surface area (Å²) in [4.78, 5) is 34.3. The van der Waals surface area contributed by atoms with Crippen molar-refractivity contribution in [1.29, 1.82) is 0 Å². The smallest absolute Gasteiger partial charge is 0.315 e. The molecule has 3 amide bonds. The van der Waals surface area contributed by atoms with Crippen molar-refractivity contribution >= 4 is 17.9 Å². The highest BCUT2D eigenvalue weighted by Gasteiger charge is 2.15. The molecule has 25 heavy (non-hydrogen) atoms. The van der Waals surface area contributed by atoms with E-state index in [2.05, 4.69) is 16.0 Å². The number of nitrogens with one attached hydrogen (secondary N) is 3. The van der Waals surface area contributed by atoms with E-state index >= 15 is 0 Å². The third-order valence-corrected chi connectivity index (χ3v) is 3.45. The molecule has 0 saturated heterocycles. The SMILES string of the molecule is CC(C)NC(=O)CCNC(=O)NC(CCC(=O)O)Cc1ccccc1. The first kappa shape index (κ1) is 20.5. The Kier molecular flexibility index (Phi) is 9.06. The Labute approximate surface area is 148 Å². The normalized spacial score (nSPS) is 11.6. The van der Waals surface area contributed by atoms with Gasteiger partial charge in [0.25, 0.3) is 0 Å². The highest BCUT2D eigenvalue weighted by molar-refractivity contribution is 5.78. The second-order valence-corrected chi connectivity index (χ2v) is 6.19. The lowest BCUT2D eigenvalue weighted by Crippen LogP contribution is -2.44. The number of carboxylic acids is 1. The molecule has 7 heteroatoms. The third kappa shape index (κ3) is 10.0. The molecular weight excluding hydrogens is 322 g/mol. The molecule has 0 aliphatic heterocycles. The van der Waals surface area contributed by atoms with Gasteiger partial charge in [-0.15, -0.1) is 0 Å². The minimum atomic E-state index is -0.898. The maximum atomic E-state index is 12.0. The van der Waals surface area contributed by atoms with E-state index in [1.165, 1.54) is 0 Å². The van der Waals surface area contributed by atoms with E-state index in [1.807, 2.05) is 44.2 Å². The summed E-state index contributed by atoms with van der Waals surface area (Å²) in [5, 5.41) is 17.0. The van der Waals surface area contributed by atoms with Crippen LogP contribution in [0, 0.1) is 0 Å². The van der Waals surface area contributed by atoms with Crippen LogP contribution in [-0.2, 0) is 16.0 Å². The van der Waals surface area contributed by atoms with Crippen LogP contribution in [0.25, 0.3) is 0 Å². The topological polar surface area (TPSA) is 108 Å². The minimum absolute atomic E-state index is 0.0193. The minimum Gasteiger partial charge on any atom is -0.481 e. The number of carboxylic acid groups (broad SMARTS) is 1. The van der Waals surface area contributed by atoms with Gasteiger partial charge in [-0.2, -0.15) is 0 Å². The molecule has 4 N–H and O–H groups in total. The molecular formula is C18H27N3O4. The van der Waals surface area contributed by atoms with Gasteiger partial charge in [-0.05, 0) is 32.3 Å². The number of hydrogen-bond acceptors (Lipinski definition) is 3. The predicted octanol–water partition coefficient (Wildman–Crippen LogP) is 1.68. The van der Waals surface area contributed by atoms with E-state index < -0.39 is 12.0 Å². The van der Waals surface area contributed by atoms with Gasteiger partial charge < -0.3 is 21.1 Å². The highest BCUT2D eigenvalue weighted by atomic mass is 16.4. The molecule has 0 fully saturated rings. The van der Waals surface area contributed by atoms with Crippen LogP contribution in [0.15, 0.2) is 30.3 Å². The molecule has 0 aliphatic carbocycles. The zero-order valence-corrected chi connectivity index (χ0v) is 14.7. The number of carbonyl (C=O) groups excluding carboxylic acids is 2. The Morgan fingerprint density at radius 3 is 2.32 bits per heavy atom. The number of amides is 3. The average Bonchev–Trinajstić information content (AvgIpc) is 2.52. The summed E-state index contributed by atoms with van der Waals surface area (Å²) in [6.45, 7) is 3.96. The van der Waals surface area contributed by atoms with E-state index in [4.69, 9.17) is 5.11 Å². The number of aliphatic carboxylic acids is 1. The number of carbonyl (C=O) groups is 3. The van der Waals surface area contributed by atoms with Crippen LogP contribution in [0.4, 0.5) is 4.79 Å². The Morgan fingerprint density at radius 1 is 1.04 bits per heavy atom. The summed E-state index contributed by atoms with van der Waals surface area (Å²) >= 11 is 0. The lowest BCUT2D eigenvalue weighted by Gasteiger charge is -2.19. The summed E-state index contributed by atoms with van der Waals surface area (Å²) in [5.74, 6) is -1.02. The fourth-order valence-corrected chi connectivity index (χ4v) is 2.34. The summed E-state index contributed by atoms with van der Waals surface area (Å²) < 4.78 is 0. The maximum absolute atomic E-state index is 12.0. The average molecular weight is 349 g/mol. The van der Waals surface area contributed by atoms with Gasteiger partial charge in [-0.1, -0.05) is 30.3 Å². The first-order valence-electron chi connectivity index (χ1n) is 8.46. The zero-order chi connectivity index (χ0) is 18.7. The largest absolute Gasteiger partial charge is 0.481 e. The molecule has 1 aromatic carbocycles. The lowest BCUT2D eigenvalue weighted by molar-refractivity contribution is -0.137. The van der Waals surface area contributed by atoms with Gasteiger partial charge in [0.2, 0.25) is 5.91 Å². The van der Waals surface area contributed by atoms with Crippen molar-refractivity contribution in [2.75, 3.05) is 6.54 Å². The Balaban J connectivity index is 2.45. The Morgan fingerprint density at radius 2 is 1.72 bits per heavy atom. The van der Waals surface area contributed by atoms with Crippen LogP contribution in [0.3, 0.4) is 0 Å². The summed E-state index contributed by atoms with van der Waals surface area (Å²) in [7, 11) is 0. The second-order valence-electron chi connectivity index (χ2n) is 6.19. The van der Waals surface area contributed by atoms with E-state index in [9.17, 15) is 14.4 Å². The molecule has 1 atom stereocenters. The molecule has 1 unspecified atom stereocenters. The molecule has 7 nitrogen and oxygen atoms in total. The van der Waals surface area contributed by atoms with Crippen molar-refractivity contribution in [1.82, 2.24) is 16.0 Å². The fraction of sp³-hybridized carbons (Fsp3) is 0.500. The Bertz CT molecular complexity index is 561. The molecule has 0 heterocycles. The molecule has 0 aromatic heterocycles. The predicted molar refractivity (Wildman–Crippen MR) is 95.2 cm³/mol. The van der Waals surface area contributed by atoms with E-state index in [0.717, 1.165) is 5.56 Å². The number of hydrogen-bond donors (Lipinski definition) is 4. The maximum Gasteiger partial charge on any atom is 0.315 e. The van der Waals surface area contributed by atoms with Gasteiger partial charge in [0.15, 0.2) is 0 Å². The number of rotatable bonds is 10. The van der Waals surface area contributed by atoms with Crippen LogP contribution >= 0.6 is 0 Å². The van der Waals surface area contributed by atoms with Gasteiger partial charge >= 0.3 is 12.0 Å². The monoisotopic (exact) mass is 349 g/mol. The van der Waals surface area contributed by atoms with Crippen molar-refractivity contribution in [3.8, 4) is 0 Å². The van der Waals surface area contributed by atoms with Crippen molar-refractivity contribution < 1.29 is 19.5 Å². The molecule has 1 rings (SSSR count). The van der Waals surface area contributed by atoms with E-state index in [1.54, 1.807) is 0 Å².